The lowest BCUT2D eigenvalue weighted by atomic mass is 10.0. The molecular weight excluding hydrogens is 418 g/mol. The Labute approximate surface area is 193 Å². The number of esters is 2. The van der Waals surface area contributed by atoms with Crippen LogP contribution in [0.3, 0.4) is 0 Å². The summed E-state index contributed by atoms with van der Waals surface area (Å²) in [5.41, 5.74) is 2.74. The predicted molar refractivity (Wildman–Crippen MR) is 127 cm³/mol. The van der Waals surface area contributed by atoms with Crippen molar-refractivity contribution in [2.45, 2.75) is 40.2 Å². The first-order chi connectivity index (χ1) is 15.5. The Morgan fingerprint density at radius 2 is 1.48 bits per heavy atom. The number of rotatable bonds is 5. The van der Waals surface area contributed by atoms with Gasteiger partial charge in [-0.2, -0.15) is 0 Å². The fourth-order valence-corrected chi connectivity index (χ4v) is 3.28. The van der Waals surface area contributed by atoms with Gasteiger partial charge in [0.15, 0.2) is 0 Å². The highest BCUT2D eigenvalue weighted by molar-refractivity contribution is 6.09. The van der Waals surface area contributed by atoms with E-state index < -0.39 is 23.4 Å². The topological polar surface area (TPSA) is 81.7 Å². The van der Waals surface area contributed by atoms with Crippen LogP contribution >= 0.6 is 0 Å². The number of anilines is 1. The van der Waals surface area contributed by atoms with Crippen molar-refractivity contribution >= 4 is 23.5 Å². The van der Waals surface area contributed by atoms with E-state index >= 15 is 0 Å². The third-order valence-electron chi connectivity index (χ3n) is 4.70. The average Bonchev–Trinajstić information content (AvgIpc) is 2.72. The summed E-state index contributed by atoms with van der Waals surface area (Å²) >= 11 is 0. The van der Waals surface area contributed by atoms with E-state index in [1.165, 1.54) is 6.92 Å². The number of nitrogens with one attached hydrogen (secondary N) is 1. The van der Waals surface area contributed by atoms with E-state index in [2.05, 4.69) is 5.32 Å². The van der Waals surface area contributed by atoms with Crippen LogP contribution in [0.2, 0.25) is 0 Å². The van der Waals surface area contributed by atoms with Crippen LogP contribution in [0, 0.1) is 6.92 Å². The van der Waals surface area contributed by atoms with Crippen molar-refractivity contribution in [3.8, 4) is 16.9 Å². The van der Waals surface area contributed by atoms with Crippen molar-refractivity contribution < 1.29 is 23.9 Å². The average molecular weight is 446 g/mol. The van der Waals surface area contributed by atoms with Crippen LogP contribution in [0.4, 0.5) is 5.69 Å². The van der Waals surface area contributed by atoms with Crippen LogP contribution in [-0.4, -0.2) is 23.4 Å². The molecule has 3 aromatic carbocycles. The standard InChI is InChI=1S/C27H27NO5/c1-17-15-21(32-18(2)29)12-14-22(17)25(30)28-24-16-20(19-9-7-6-8-10-19)11-13-23(24)26(31)33-27(3,4)5/h6-16H,1-5H3,(H,28,30). The molecule has 0 atom stereocenters. The van der Waals surface area contributed by atoms with Gasteiger partial charge in [0.05, 0.1) is 11.3 Å². The van der Waals surface area contributed by atoms with Crippen LogP contribution in [0.25, 0.3) is 11.1 Å². The number of benzene rings is 3. The van der Waals surface area contributed by atoms with Crippen LogP contribution < -0.4 is 10.1 Å². The van der Waals surface area contributed by atoms with Crippen LogP contribution in [0.15, 0.2) is 66.7 Å². The molecule has 0 fully saturated rings. The lowest BCUT2D eigenvalue weighted by Gasteiger charge is -2.21. The van der Waals surface area contributed by atoms with Gasteiger partial charge < -0.3 is 14.8 Å². The van der Waals surface area contributed by atoms with Gasteiger partial charge in [-0.1, -0.05) is 36.4 Å². The maximum Gasteiger partial charge on any atom is 0.340 e. The summed E-state index contributed by atoms with van der Waals surface area (Å²) in [6.45, 7) is 8.42. The molecule has 1 N–H and O–H groups in total. The van der Waals surface area contributed by atoms with Crippen molar-refractivity contribution in [1.82, 2.24) is 0 Å². The van der Waals surface area contributed by atoms with Gasteiger partial charge in [-0.25, -0.2) is 4.79 Å². The van der Waals surface area contributed by atoms with E-state index in [1.54, 1.807) is 58.0 Å². The second kappa shape index (κ2) is 9.69. The number of ether oxygens (including phenoxy) is 2. The quantitative estimate of drug-likeness (QED) is 0.397. The van der Waals surface area contributed by atoms with Crippen LogP contribution in [0.1, 0.15) is 54.0 Å². The van der Waals surface area contributed by atoms with Gasteiger partial charge in [0.25, 0.3) is 5.91 Å². The lowest BCUT2D eigenvalue weighted by Crippen LogP contribution is -2.25. The normalized spacial score (nSPS) is 10.9. The van der Waals surface area contributed by atoms with Crippen molar-refractivity contribution in [3.05, 3.63) is 83.4 Å². The minimum atomic E-state index is -0.681. The number of carbonyl (C=O) groups is 3. The Hall–Kier alpha value is -3.93. The first kappa shape index (κ1) is 23.7. The molecule has 3 aromatic rings. The summed E-state index contributed by atoms with van der Waals surface area (Å²) in [5.74, 6) is -1.00. The number of amides is 1. The number of hydrogen-bond donors (Lipinski definition) is 1. The Balaban J connectivity index is 1.97. The Morgan fingerprint density at radius 3 is 2.09 bits per heavy atom. The molecule has 0 aromatic heterocycles. The Bertz CT molecular complexity index is 1190. The summed E-state index contributed by atoms with van der Waals surface area (Å²) in [7, 11) is 0. The Kier molecular flexibility index (Phi) is 6.97. The molecule has 0 aliphatic rings. The molecule has 6 nitrogen and oxygen atoms in total. The fourth-order valence-electron chi connectivity index (χ4n) is 3.28. The maximum atomic E-state index is 13.1. The van der Waals surface area contributed by atoms with E-state index in [0.29, 0.717) is 22.6 Å². The molecule has 0 radical (unpaired) electrons. The van der Waals surface area contributed by atoms with E-state index in [1.807, 2.05) is 36.4 Å². The molecule has 33 heavy (non-hydrogen) atoms. The molecule has 0 aliphatic carbocycles. The molecule has 0 saturated carbocycles. The summed E-state index contributed by atoms with van der Waals surface area (Å²) < 4.78 is 10.6. The smallest absolute Gasteiger partial charge is 0.340 e. The summed E-state index contributed by atoms with van der Waals surface area (Å²) in [6.07, 6.45) is 0. The van der Waals surface area contributed by atoms with Crippen LogP contribution in [-0.2, 0) is 9.53 Å². The van der Waals surface area contributed by atoms with Gasteiger partial charge in [0.1, 0.15) is 11.4 Å². The van der Waals surface area contributed by atoms with Crippen molar-refractivity contribution in [3.63, 3.8) is 0 Å². The highest BCUT2D eigenvalue weighted by Gasteiger charge is 2.22. The molecule has 0 bridgehead atoms. The van der Waals surface area contributed by atoms with Crippen molar-refractivity contribution in [2.75, 3.05) is 5.32 Å². The molecule has 1 amide bonds. The van der Waals surface area contributed by atoms with Gasteiger partial charge in [-0.3, -0.25) is 9.59 Å². The molecule has 0 unspecified atom stereocenters. The zero-order valence-corrected chi connectivity index (χ0v) is 19.4. The predicted octanol–water partition coefficient (Wildman–Crippen LogP) is 5.79. The van der Waals surface area contributed by atoms with Crippen molar-refractivity contribution in [2.24, 2.45) is 0 Å². The second-order valence-corrected chi connectivity index (χ2v) is 8.65. The fraction of sp³-hybridized carbons (Fsp3) is 0.222. The molecule has 170 valence electrons. The maximum absolute atomic E-state index is 13.1. The number of carbonyl (C=O) groups excluding carboxylic acids is 3. The molecule has 0 aliphatic heterocycles. The van der Waals surface area contributed by atoms with E-state index in [0.717, 1.165) is 11.1 Å². The molecule has 0 saturated heterocycles. The van der Waals surface area contributed by atoms with E-state index in [9.17, 15) is 14.4 Å². The summed E-state index contributed by atoms with van der Waals surface area (Å²) in [4.78, 5) is 37.1. The largest absolute Gasteiger partial charge is 0.456 e. The minimum absolute atomic E-state index is 0.257. The number of aryl methyl sites for hydroxylation is 1. The molecule has 0 spiro atoms. The highest BCUT2D eigenvalue weighted by atomic mass is 16.6. The molecular formula is C27H27NO5. The third kappa shape index (κ3) is 6.29. The van der Waals surface area contributed by atoms with E-state index in [-0.39, 0.29) is 5.56 Å². The first-order valence-corrected chi connectivity index (χ1v) is 10.6. The second-order valence-electron chi connectivity index (χ2n) is 8.65. The summed E-state index contributed by atoms with van der Waals surface area (Å²) in [5, 5.41) is 2.86. The zero-order chi connectivity index (χ0) is 24.2. The van der Waals surface area contributed by atoms with Crippen LogP contribution in [0.5, 0.6) is 5.75 Å². The van der Waals surface area contributed by atoms with E-state index in [4.69, 9.17) is 9.47 Å². The first-order valence-electron chi connectivity index (χ1n) is 10.6. The SMILES string of the molecule is CC(=O)Oc1ccc(C(=O)Nc2cc(-c3ccccc3)ccc2C(=O)OC(C)(C)C)c(C)c1. The number of hydrogen-bond acceptors (Lipinski definition) is 5. The Morgan fingerprint density at radius 1 is 0.818 bits per heavy atom. The summed E-state index contributed by atoms with van der Waals surface area (Å²) in [6, 6.07) is 19.6. The van der Waals surface area contributed by atoms with Gasteiger partial charge >= 0.3 is 11.9 Å². The lowest BCUT2D eigenvalue weighted by molar-refractivity contribution is -0.131. The van der Waals surface area contributed by atoms with Crippen molar-refractivity contribution in [1.29, 1.82) is 0 Å². The monoisotopic (exact) mass is 445 g/mol. The van der Waals surface area contributed by atoms with Gasteiger partial charge in [-0.15, -0.1) is 0 Å². The molecule has 0 heterocycles. The molecule has 6 heteroatoms. The van der Waals surface area contributed by atoms with Gasteiger partial charge in [-0.05, 0) is 74.7 Å². The van der Waals surface area contributed by atoms with Gasteiger partial charge in [0.2, 0.25) is 0 Å². The third-order valence-corrected chi connectivity index (χ3v) is 4.70. The zero-order valence-electron chi connectivity index (χ0n) is 19.4. The highest BCUT2D eigenvalue weighted by Crippen LogP contribution is 2.28. The van der Waals surface area contributed by atoms with Gasteiger partial charge in [0, 0.05) is 12.5 Å². The molecule has 3 rings (SSSR count). The minimum Gasteiger partial charge on any atom is -0.456 e.